The molecule has 1 aliphatic rings. The normalized spacial score (nSPS) is 15.8. The van der Waals surface area contributed by atoms with Gasteiger partial charge in [-0.2, -0.15) is 0 Å². The first-order valence-corrected chi connectivity index (χ1v) is 13.0. The highest BCUT2D eigenvalue weighted by Gasteiger charge is 2.16. The average Bonchev–Trinajstić information content (AvgIpc) is 3.23. The largest absolute Gasteiger partial charge is 0.441 e. The molecule has 3 aromatic rings. The maximum Gasteiger partial charge on any atom is 0.251 e. The molecule has 1 aliphatic heterocycles. The number of aryl methyl sites for hydroxylation is 1. The number of oxazole rings is 1. The van der Waals surface area contributed by atoms with E-state index in [1.807, 2.05) is 49.4 Å². The molecule has 1 saturated heterocycles. The zero-order valence-corrected chi connectivity index (χ0v) is 20.6. The lowest BCUT2D eigenvalue weighted by atomic mass is 10.1. The number of carbonyl (C=O) groups is 1. The number of amides is 1. The minimum atomic E-state index is -1.19. The number of hydrogen-bond acceptors (Lipinski definition) is 6. The Hall–Kier alpha value is -2.81. The minimum Gasteiger partial charge on any atom is -0.441 e. The van der Waals surface area contributed by atoms with Crippen LogP contribution in [0.15, 0.2) is 63.9 Å². The average molecular weight is 481 g/mol. The van der Waals surface area contributed by atoms with Crippen LogP contribution in [-0.4, -0.2) is 71.2 Å². The lowest BCUT2D eigenvalue weighted by molar-refractivity contribution is 0.0949. The highest BCUT2D eigenvalue weighted by Crippen LogP contribution is 2.24. The molecule has 8 heteroatoms. The summed E-state index contributed by atoms with van der Waals surface area (Å²) in [6.45, 7) is 7.90. The van der Waals surface area contributed by atoms with Crippen molar-refractivity contribution in [1.82, 2.24) is 20.1 Å². The first kappa shape index (κ1) is 24.3. The van der Waals surface area contributed by atoms with Crippen molar-refractivity contribution in [3.05, 3.63) is 71.6 Å². The molecule has 1 fully saturated rings. The molecule has 2 aromatic carbocycles. The molecule has 1 amide bonds. The summed E-state index contributed by atoms with van der Waals surface area (Å²) in [7, 11) is 0.966. The molecule has 180 valence electrons. The zero-order valence-electron chi connectivity index (χ0n) is 19.8. The SMILES string of the molecule is Cc1oc(-c2ccc(C(=O)NCCCN3CCN(C)CC3)cc2)nc1C[S@@](=O)c1ccccc1. The van der Waals surface area contributed by atoms with Gasteiger partial charge >= 0.3 is 0 Å². The smallest absolute Gasteiger partial charge is 0.251 e. The summed E-state index contributed by atoms with van der Waals surface area (Å²) in [4.78, 5) is 22.6. The van der Waals surface area contributed by atoms with Crippen LogP contribution in [-0.2, 0) is 16.6 Å². The van der Waals surface area contributed by atoms with Gasteiger partial charge in [0.1, 0.15) is 5.76 Å². The molecule has 1 atom stereocenters. The third-order valence-corrected chi connectivity index (χ3v) is 7.43. The number of rotatable bonds is 9. The van der Waals surface area contributed by atoms with E-state index in [1.165, 1.54) is 0 Å². The number of carbonyl (C=O) groups excluding carboxylic acids is 1. The number of piperazine rings is 1. The maximum atomic E-state index is 12.6. The minimum absolute atomic E-state index is 0.0764. The van der Waals surface area contributed by atoms with E-state index in [9.17, 15) is 9.00 Å². The fourth-order valence-corrected chi connectivity index (χ4v) is 5.05. The van der Waals surface area contributed by atoms with Crippen LogP contribution in [0, 0.1) is 6.92 Å². The van der Waals surface area contributed by atoms with Gasteiger partial charge in [0.05, 0.1) is 22.2 Å². The fourth-order valence-electron chi connectivity index (χ4n) is 3.91. The van der Waals surface area contributed by atoms with E-state index in [-0.39, 0.29) is 5.91 Å². The van der Waals surface area contributed by atoms with Gasteiger partial charge in [0.25, 0.3) is 5.91 Å². The summed E-state index contributed by atoms with van der Waals surface area (Å²) in [5, 5.41) is 3.01. The van der Waals surface area contributed by atoms with Crippen LogP contribution in [0.1, 0.15) is 28.2 Å². The Balaban J connectivity index is 1.28. The molecule has 0 bridgehead atoms. The second-order valence-corrected chi connectivity index (χ2v) is 10.1. The molecule has 34 heavy (non-hydrogen) atoms. The zero-order chi connectivity index (χ0) is 23.9. The molecule has 0 saturated carbocycles. The van der Waals surface area contributed by atoms with Gasteiger partial charge in [-0.3, -0.25) is 9.00 Å². The molecule has 0 radical (unpaired) electrons. The van der Waals surface area contributed by atoms with Crippen LogP contribution in [0.5, 0.6) is 0 Å². The summed E-state index contributed by atoms with van der Waals surface area (Å²) in [5.74, 6) is 1.35. The molecule has 4 rings (SSSR count). The van der Waals surface area contributed by atoms with E-state index < -0.39 is 10.8 Å². The van der Waals surface area contributed by atoms with Crippen LogP contribution >= 0.6 is 0 Å². The molecule has 1 N–H and O–H groups in total. The van der Waals surface area contributed by atoms with Crippen molar-refractivity contribution in [3.63, 3.8) is 0 Å². The Labute approximate surface area is 203 Å². The number of nitrogens with zero attached hydrogens (tertiary/aromatic N) is 3. The summed E-state index contributed by atoms with van der Waals surface area (Å²) in [5.41, 5.74) is 2.07. The van der Waals surface area contributed by atoms with E-state index in [4.69, 9.17) is 4.42 Å². The number of nitrogens with one attached hydrogen (secondary N) is 1. The van der Waals surface area contributed by atoms with Crippen LogP contribution in [0.4, 0.5) is 0 Å². The standard InChI is InChI=1S/C26H32N4O3S/c1-20-24(19-34(32)23-7-4-3-5-8-23)28-26(33-20)22-11-9-21(10-12-22)25(31)27-13-6-14-30-17-15-29(2)16-18-30/h3-5,7-12H,6,13-19H2,1-2H3,(H,27,31)/t34-/m1/s1. The Bertz CT molecular complexity index is 1110. The van der Waals surface area contributed by atoms with E-state index in [2.05, 4.69) is 27.1 Å². The van der Waals surface area contributed by atoms with Crippen molar-refractivity contribution in [2.24, 2.45) is 0 Å². The predicted molar refractivity (Wildman–Crippen MR) is 134 cm³/mol. The lowest BCUT2D eigenvalue weighted by Gasteiger charge is -2.32. The van der Waals surface area contributed by atoms with E-state index >= 15 is 0 Å². The molecule has 2 heterocycles. The van der Waals surface area contributed by atoms with Crippen molar-refractivity contribution in [1.29, 1.82) is 0 Å². The fraction of sp³-hybridized carbons (Fsp3) is 0.385. The monoisotopic (exact) mass is 480 g/mol. The van der Waals surface area contributed by atoms with Gasteiger partial charge in [0.2, 0.25) is 5.89 Å². The summed E-state index contributed by atoms with van der Waals surface area (Å²) in [6.07, 6.45) is 0.941. The van der Waals surface area contributed by atoms with E-state index in [0.29, 0.717) is 35.2 Å². The maximum absolute atomic E-state index is 12.6. The molecule has 0 spiro atoms. The Morgan fingerprint density at radius 3 is 2.47 bits per heavy atom. The topological polar surface area (TPSA) is 78.7 Å². The van der Waals surface area contributed by atoms with Crippen molar-refractivity contribution in [2.75, 3.05) is 46.3 Å². The molecule has 7 nitrogen and oxygen atoms in total. The van der Waals surface area contributed by atoms with Gasteiger partial charge in [-0.1, -0.05) is 18.2 Å². The lowest BCUT2D eigenvalue weighted by Crippen LogP contribution is -2.45. The third-order valence-electron chi connectivity index (χ3n) is 6.09. The van der Waals surface area contributed by atoms with Crippen LogP contribution in [0.3, 0.4) is 0 Å². The van der Waals surface area contributed by atoms with Gasteiger partial charge < -0.3 is 19.5 Å². The molecule has 1 aromatic heterocycles. The van der Waals surface area contributed by atoms with E-state index in [1.54, 1.807) is 12.1 Å². The van der Waals surface area contributed by atoms with Gasteiger partial charge in [0, 0.05) is 48.7 Å². The van der Waals surface area contributed by atoms with Crippen molar-refractivity contribution >= 4 is 16.7 Å². The molecule has 0 unspecified atom stereocenters. The number of hydrogen-bond donors (Lipinski definition) is 1. The number of likely N-dealkylation sites (N-methyl/N-ethyl adjacent to an activating group) is 1. The predicted octanol–water partition coefficient (Wildman–Crippen LogP) is 3.33. The van der Waals surface area contributed by atoms with Gasteiger partial charge in [-0.25, -0.2) is 4.98 Å². The van der Waals surface area contributed by atoms with Crippen molar-refractivity contribution in [3.8, 4) is 11.5 Å². The quantitative estimate of drug-likeness (QED) is 0.474. The highest BCUT2D eigenvalue weighted by atomic mass is 32.2. The number of aromatic nitrogens is 1. The Morgan fingerprint density at radius 1 is 1.06 bits per heavy atom. The molecule has 0 aliphatic carbocycles. The Kier molecular flexibility index (Phi) is 8.26. The van der Waals surface area contributed by atoms with E-state index in [0.717, 1.165) is 49.6 Å². The second-order valence-electron chi connectivity index (χ2n) is 8.66. The van der Waals surface area contributed by atoms with Crippen LogP contribution in [0.2, 0.25) is 0 Å². The van der Waals surface area contributed by atoms with Gasteiger partial charge in [0.15, 0.2) is 0 Å². The molecular weight excluding hydrogens is 448 g/mol. The number of benzene rings is 2. The first-order chi connectivity index (χ1) is 16.5. The van der Waals surface area contributed by atoms with Crippen LogP contribution < -0.4 is 5.32 Å². The Morgan fingerprint density at radius 2 is 1.76 bits per heavy atom. The molecular formula is C26H32N4O3S. The second kappa shape index (κ2) is 11.6. The summed E-state index contributed by atoms with van der Waals surface area (Å²) in [6, 6.07) is 16.6. The van der Waals surface area contributed by atoms with Gasteiger partial charge in [-0.05, 0) is 63.3 Å². The summed E-state index contributed by atoms with van der Waals surface area (Å²) >= 11 is 0. The van der Waals surface area contributed by atoms with Crippen molar-refractivity contribution in [2.45, 2.75) is 24.0 Å². The van der Waals surface area contributed by atoms with Gasteiger partial charge in [-0.15, -0.1) is 0 Å². The van der Waals surface area contributed by atoms with Crippen molar-refractivity contribution < 1.29 is 13.4 Å². The summed E-state index contributed by atoms with van der Waals surface area (Å²) < 4.78 is 18.5. The van der Waals surface area contributed by atoms with Crippen LogP contribution in [0.25, 0.3) is 11.5 Å². The first-order valence-electron chi connectivity index (χ1n) is 11.7. The third kappa shape index (κ3) is 6.40. The highest BCUT2D eigenvalue weighted by molar-refractivity contribution is 7.84.